The van der Waals surface area contributed by atoms with Crippen LogP contribution in [0.25, 0.3) is 5.76 Å². The van der Waals surface area contributed by atoms with E-state index in [0.29, 0.717) is 35.9 Å². The van der Waals surface area contributed by atoms with Gasteiger partial charge in [-0.3, -0.25) is 14.5 Å². The fourth-order valence-electron chi connectivity index (χ4n) is 4.96. The van der Waals surface area contributed by atoms with E-state index >= 15 is 0 Å². The van der Waals surface area contributed by atoms with E-state index in [2.05, 4.69) is 6.92 Å². The number of carbonyl (C=O) groups is 2. The van der Waals surface area contributed by atoms with Gasteiger partial charge in [0.15, 0.2) is 0 Å². The fourth-order valence-corrected chi connectivity index (χ4v) is 4.96. The van der Waals surface area contributed by atoms with Gasteiger partial charge in [0.1, 0.15) is 23.9 Å². The van der Waals surface area contributed by atoms with Gasteiger partial charge in [0.25, 0.3) is 11.7 Å². The van der Waals surface area contributed by atoms with E-state index in [9.17, 15) is 14.7 Å². The summed E-state index contributed by atoms with van der Waals surface area (Å²) in [6.45, 7) is 7.24. The Morgan fingerprint density at radius 1 is 1.05 bits per heavy atom. The van der Waals surface area contributed by atoms with Crippen LogP contribution in [0, 0.1) is 0 Å². The summed E-state index contributed by atoms with van der Waals surface area (Å²) in [4.78, 5) is 30.5. The highest BCUT2D eigenvalue weighted by atomic mass is 16.5. The van der Waals surface area contributed by atoms with Crippen LogP contribution in [0.2, 0.25) is 0 Å². The lowest BCUT2D eigenvalue weighted by Gasteiger charge is -2.28. The maximum Gasteiger partial charge on any atom is 0.300 e. The number of aryl methyl sites for hydroxylation is 1. The van der Waals surface area contributed by atoms with Crippen LogP contribution >= 0.6 is 0 Å². The van der Waals surface area contributed by atoms with Crippen LogP contribution in [0.15, 0.2) is 72.3 Å². The van der Waals surface area contributed by atoms with Crippen LogP contribution in [-0.2, 0) is 16.0 Å². The number of aliphatic hydroxyl groups excluding tert-OH is 1. The largest absolute Gasteiger partial charge is 0.507 e. The molecule has 0 saturated carbocycles. The van der Waals surface area contributed by atoms with Crippen molar-refractivity contribution in [3.05, 3.63) is 89.0 Å². The molecule has 0 radical (unpaired) electrons. The average Bonchev–Trinajstić information content (AvgIpc) is 3.18. The Kier molecular flexibility index (Phi) is 6.85. The number of carbonyl (C=O) groups excluding carboxylic acids is 2. The number of hydrogen-bond donors (Lipinski definition) is 1. The summed E-state index contributed by atoms with van der Waals surface area (Å²) in [5.41, 5.74) is 3.75. The lowest BCUT2D eigenvalue weighted by molar-refractivity contribution is -0.132. The quantitative estimate of drug-likeness (QED) is 0.267. The molecule has 1 N–H and O–H groups in total. The normalized spacial score (nSPS) is 18.5. The SMILES string of the molecule is CCc1ccc(C2/C(=C(/O)c3ccc4c(c3)N(C)CCO4)C(=O)C(=O)N2c2ccc(OC(C)C)cc2)cc1. The molecule has 0 bridgehead atoms. The number of nitrogens with zero attached hydrogens (tertiary/aromatic N) is 2. The smallest absolute Gasteiger partial charge is 0.300 e. The maximum atomic E-state index is 13.5. The molecule has 1 amide bonds. The highest BCUT2D eigenvalue weighted by molar-refractivity contribution is 6.51. The number of ketones is 1. The molecule has 1 saturated heterocycles. The van der Waals surface area contributed by atoms with Crippen molar-refractivity contribution in [3.63, 3.8) is 0 Å². The van der Waals surface area contributed by atoms with Gasteiger partial charge in [0, 0.05) is 18.3 Å². The van der Waals surface area contributed by atoms with E-state index in [-0.39, 0.29) is 17.4 Å². The molecule has 7 heteroatoms. The molecule has 5 rings (SSSR count). The number of ether oxygens (including phenoxy) is 2. The fraction of sp³-hybridized carbons (Fsp3) is 0.290. The summed E-state index contributed by atoms with van der Waals surface area (Å²) < 4.78 is 11.5. The first-order chi connectivity index (χ1) is 18.3. The summed E-state index contributed by atoms with van der Waals surface area (Å²) in [6.07, 6.45) is 0.871. The van der Waals surface area contributed by atoms with Crippen molar-refractivity contribution in [2.75, 3.05) is 30.0 Å². The van der Waals surface area contributed by atoms with E-state index in [1.165, 1.54) is 4.90 Å². The van der Waals surface area contributed by atoms with Crippen LogP contribution in [-0.4, -0.2) is 43.1 Å². The number of hydrogen-bond acceptors (Lipinski definition) is 6. The first kappa shape index (κ1) is 25.4. The third-order valence-corrected chi connectivity index (χ3v) is 6.96. The third kappa shape index (κ3) is 4.60. The van der Waals surface area contributed by atoms with E-state index in [4.69, 9.17) is 9.47 Å². The van der Waals surface area contributed by atoms with Gasteiger partial charge in [-0.25, -0.2) is 0 Å². The molecule has 3 aromatic carbocycles. The van der Waals surface area contributed by atoms with Gasteiger partial charge in [-0.1, -0.05) is 31.2 Å². The minimum Gasteiger partial charge on any atom is -0.507 e. The molecule has 0 aliphatic carbocycles. The molecular formula is C31H32N2O5. The molecule has 2 heterocycles. The molecule has 1 fully saturated rings. The topological polar surface area (TPSA) is 79.3 Å². The van der Waals surface area contributed by atoms with Crippen molar-refractivity contribution in [3.8, 4) is 11.5 Å². The molecule has 7 nitrogen and oxygen atoms in total. The van der Waals surface area contributed by atoms with Crippen molar-refractivity contribution in [1.82, 2.24) is 0 Å². The van der Waals surface area contributed by atoms with Gasteiger partial charge >= 0.3 is 0 Å². The van der Waals surface area contributed by atoms with Crippen LogP contribution < -0.4 is 19.3 Å². The number of rotatable bonds is 6. The van der Waals surface area contributed by atoms with Gasteiger partial charge in [0.05, 0.1) is 30.0 Å². The highest BCUT2D eigenvalue weighted by Crippen LogP contribution is 2.43. The van der Waals surface area contributed by atoms with Crippen molar-refractivity contribution < 1.29 is 24.2 Å². The van der Waals surface area contributed by atoms with Crippen molar-refractivity contribution >= 4 is 28.8 Å². The number of anilines is 2. The molecule has 0 spiro atoms. The lowest BCUT2D eigenvalue weighted by atomic mass is 9.94. The van der Waals surface area contributed by atoms with E-state index < -0.39 is 17.7 Å². The zero-order valence-electron chi connectivity index (χ0n) is 22.1. The van der Waals surface area contributed by atoms with Crippen LogP contribution in [0.5, 0.6) is 11.5 Å². The van der Waals surface area contributed by atoms with E-state index in [1.807, 2.05) is 50.1 Å². The van der Waals surface area contributed by atoms with Gasteiger partial charge < -0.3 is 19.5 Å². The molecule has 2 aliphatic heterocycles. The Balaban J connectivity index is 1.64. The zero-order chi connectivity index (χ0) is 27.0. The van der Waals surface area contributed by atoms with E-state index in [0.717, 1.165) is 23.2 Å². The number of benzene rings is 3. The Bertz CT molecular complexity index is 1390. The summed E-state index contributed by atoms with van der Waals surface area (Å²) in [5, 5.41) is 11.5. The summed E-state index contributed by atoms with van der Waals surface area (Å²) in [5.74, 6) is -0.239. The first-order valence-corrected chi connectivity index (χ1v) is 12.9. The van der Waals surface area contributed by atoms with Crippen molar-refractivity contribution in [1.29, 1.82) is 0 Å². The second-order valence-electron chi connectivity index (χ2n) is 9.88. The van der Waals surface area contributed by atoms with Crippen LogP contribution in [0.4, 0.5) is 11.4 Å². The molecule has 196 valence electrons. The molecule has 2 aliphatic rings. The standard InChI is InChI=1S/C31H32N2O5/c1-5-20-6-8-21(9-7-20)28-27(29(34)22-10-15-26-25(18-22)32(4)16-17-37-26)30(35)31(36)33(28)23-11-13-24(14-12-23)38-19(2)3/h6-15,18-19,28,34H,5,16-17H2,1-4H3/b29-27-. The van der Waals surface area contributed by atoms with Gasteiger partial charge in [-0.15, -0.1) is 0 Å². The number of fused-ring (bicyclic) bond motifs is 1. The zero-order valence-corrected chi connectivity index (χ0v) is 22.1. The van der Waals surface area contributed by atoms with E-state index in [1.54, 1.807) is 42.5 Å². The van der Waals surface area contributed by atoms with Crippen molar-refractivity contribution in [2.24, 2.45) is 0 Å². The Labute approximate surface area is 222 Å². The highest BCUT2D eigenvalue weighted by Gasteiger charge is 2.47. The molecule has 3 aromatic rings. The van der Waals surface area contributed by atoms with Crippen LogP contribution in [0.3, 0.4) is 0 Å². The molecular weight excluding hydrogens is 480 g/mol. The molecule has 1 unspecified atom stereocenters. The molecule has 1 atom stereocenters. The third-order valence-electron chi connectivity index (χ3n) is 6.96. The molecule has 38 heavy (non-hydrogen) atoms. The predicted molar refractivity (Wildman–Crippen MR) is 148 cm³/mol. The summed E-state index contributed by atoms with van der Waals surface area (Å²) in [6, 6.07) is 19.4. The monoisotopic (exact) mass is 512 g/mol. The Morgan fingerprint density at radius 2 is 1.76 bits per heavy atom. The number of aliphatic hydroxyl groups is 1. The van der Waals surface area contributed by atoms with Crippen molar-refractivity contribution in [2.45, 2.75) is 39.3 Å². The second-order valence-corrected chi connectivity index (χ2v) is 9.88. The van der Waals surface area contributed by atoms with Gasteiger partial charge in [0.2, 0.25) is 0 Å². The lowest BCUT2D eigenvalue weighted by Crippen LogP contribution is -2.29. The molecule has 0 aromatic heterocycles. The van der Waals surface area contributed by atoms with Crippen LogP contribution in [0.1, 0.15) is 43.5 Å². The Morgan fingerprint density at radius 3 is 2.42 bits per heavy atom. The minimum absolute atomic E-state index is 0.00761. The first-order valence-electron chi connectivity index (χ1n) is 12.9. The second kappa shape index (κ2) is 10.2. The van der Waals surface area contributed by atoms with Gasteiger partial charge in [-0.05, 0) is 73.9 Å². The minimum atomic E-state index is -0.789. The summed E-state index contributed by atoms with van der Waals surface area (Å²) >= 11 is 0. The Hall–Kier alpha value is -4.26. The maximum absolute atomic E-state index is 13.5. The van der Waals surface area contributed by atoms with Gasteiger partial charge in [-0.2, -0.15) is 0 Å². The average molecular weight is 513 g/mol. The predicted octanol–water partition coefficient (Wildman–Crippen LogP) is 5.49. The summed E-state index contributed by atoms with van der Waals surface area (Å²) in [7, 11) is 1.95. The number of Topliss-reactive ketones (excluding diaryl/α,β-unsaturated/α-hetero) is 1. The number of amides is 1. The number of likely N-dealkylation sites (N-methyl/N-ethyl adjacent to an activating group) is 1.